The summed E-state index contributed by atoms with van der Waals surface area (Å²) in [6, 6.07) is 181. The number of hydrogen-bond acceptors (Lipinski definition) is 3. The molecule has 0 saturated carbocycles. The molecule has 0 amide bonds. The van der Waals surface area contributed by atoms with Gasteiger partial charge in [-0.25, -0.2) is 0 Å². The molecule has 144 heavy (non-hydrogen) atoms. The van der Waals surface area contributed by atoms with Crippen molar-refractivity contribution >= 4 is 289 Å². The van der Waals surface area contributed by atoms with Crippen molar-refractivity contribution in [3.05, 3.63) is 491 Å². The fraction of sp³-hybridized carbons (Fsp3) is 0. The molecule has 0 saturated heterocycles. The maximum Gasteiger partial charge on any atom is 0.0726 e. The predicted molar refractivity (Wildman–Crippen MR) is 627 cm³/mol. The number of hydrogen-bond donors (Lipinski definition) is 0. The second-order valence-corrected chi connectivity index (χ2v) is 41.6. The molecule has 666 valence electrons. The highest BCUT2D eigenvalue weighted by atomic mass is 32.1. The van der Waals surface area contributed by atoms with Gasteiger partial charge in [-0.3, -0.25) is 0 Å². The van der Waals surface area contributed by atoms with Crippen LogP contribution in [-0.2, 0) is 0 Å². The topological polar surface area (TPSA) is 14.8 Å². The normalized spacial score (nSPS) is 12.2. The van der Waals surface area contributed by atoms with Gasteiger partial charge in [0.05, 0.1) is 47.2 Å². The van der Waals surface area contributed by atoms with Crippen LogP contribution in [0, 0.1) is 0 Å². The number of nitrogens with zero attached hydrogens (tertiary/aromatic N) is 3. The molecule has 0 atom stereocenters. The minimum atomic E-state index is 1.17. The Hall–Kier alpha value is -17.9. The largest absolute Gasteiger partial charge is 0.308 e. The van der Waals surface area contributed by atoms with Gasteiger partial charge in [0, 0.05) is 128 Å². The Bertz CT molecular complexity index is 11400. The molecule has 3 nitrogen and oxygen atoms in total. The van der Waals surface area contributed by atoms with Crippen LogP contribution in [0.1, 0.15) is 0 Å². The van der Waals surface area contributed by atoms with E-state index >= 15 is 0 Å². The van der Waals surface area contributed by atoms with Gasteiger partial charge in [-0.2, -0.15) is 0 Å². The van der Waals surface area contributed by atoms with Crippen molar-refractivity contribution in [3.8, 4) is 50.4 Å². The Labute approximate surface area is 837 Å². The predicted octanol–water partition coefficient (Wildman–Crippen LogP) is 40.3. The van der Waals surface area contributed by atoms with E-state index in [0.717, 1.165) is 0 Å². The smallest absolute Gasteiger partial charge is 0.0726 e. The van der Waals surface area contributed by atoms with E-state index in [9.17, 15) is 0 Å². The van der Waals surface area contributed by atoms with Gasteiger partial charge in [0.2, 0.25) is 0 Å². The summed E-state index contributed by atoms with van der Waals surface area (Å²) in [5, 5.41) is 47.3. The first kappa shape index (κ1) is 81.0. The molecule has 6 heterocycles. The van der Waals surface area contributed by atoms with Gasteiger partial charge < -0.3 is 13.7 Å². The molecule has 0 fully saturated rings. The SMILES string of the molecule is c1cc(-c2ccc3ccccc3c2)cc(-n2c3ccccc3c3c4c5ccccc5c5ccccc5c4c4c5ccccc5sc4c32)c1.c1cc(-c2cccc3ccccc23)cc(-n2c3ccccc3c3c4c5ccccc5c5ccccc5c4c4c5ccccc5sc4c32)c1.c1ccc2c(-c3ccc(-n4c5ccccc5c5c6c7ccccc7c7ccccc7c6c6c7ccccc7sc6c54)cc3)cccc2c1. The molecule has 0 radical (unpaired) electrons. The molecule has 33 rings (SSSR count). The van der Waals surface area contributed by atoms with E-state index in [-0.39, 0.29) is 0 Å². The number of rotatable bonds is 6. The van der Waals surface area contributed by atoms with Crippen molar-refractivity contribution in [3.63, 3.8) is 0 Å². The molecule has 6 heteroatoms. The summed E-state index contributed by atoms with van der Waals surface area (Å²) in [5.74, 6) is 0. The van der Waals surface area contributed by atoms with Crippen molar-refractivity contribution < 1.29 is 0 Å². The first-order valence-corrected chi connectivity index (χ1v) is 52.0. The molecule has 0 aliphatic carbocycles. The lowest BCUT2D eigenvalue weighted by Gasteiger charge is -2.15. The van der Waals surface area contributed by atoms with Gasteiger partial charge >= 0.3 is 0 Å². The van der Waals surface area contributed by atoms with Gasteiger partial charge in [0.1, 0.15) is 0 Å². The molecule has 27 aromatic carbocycles. The van der Waals surface area contributed by atoms with Crippen molar-refractivity contribution in [1.82, 2.24) is 13.7 Å². The molecular formula is C138H81N3S3. The summed E-state index contributed by atoms with van der Waals surface area (Å²) < 4.78 is 15.6. The van der Waals surface area contributed by atoms with Gasteiger partial charge in [-0.15, -0.1) is 34.0 Å². The number of fused-ring (bicyclic) bond motifs is 48. The van der Waals surface area contributed by atoms with Crippen LogP contribution >= 0.6 is 34.0 Å². The average Bonchev–Trinajstić information content (AvgIpc) is 1.51. The lowest BCUT2D eigenvalue weighted by Crippen LogP contribution is -1.95. The van der Waals surface area contributed by atoms with E-state index in [1.165, 1.54) is 306 Å². The van der Waals surface area contributed by atoms with Crippen LogP contribution in [0.25, 0.3) is 306 Å². The third kappa shape index (κ3) is 11.9. The minimum Gasteiger partial charge on any atom is -0.308 e. The van der Waals surface area contributed by atoms with Crippen LogP contribution in [0.2, 0.25) is 0 Å². The standard InChI is InChI=1S/3C46H27NS/c1-2-17-31-28(13-1)14-12-24-32(31)29-15-11-16-30(27-29)47-39-25-9-7-22-37(39)43-41-35-20-5-3-18-33(35)34-19-4-6-21-36(34)42(41)44-38-23-8-10-26-40(38)48-46(44)45(43)47;1-2-14-31-28(12-1)13-11-21-32(31)29-24-26-30(27-25-29)47-39-22-9-7-19-37(39)43-41-35-17-5-3-15-33(35)34-16-4-6-18-36(34)42(41)44-38-20-8-10-23-40(38)48-46(44)45(43)47;1-2-13-29-26-31(25-24-28(29)12-1)30-14-11-15-32(27-30)47-39-22-9-7-20-37(39)43-41-35-18-5-3-16-33(35)34-17-4-6-19-36(34)42(41)44-38-21-8-10-23-40(38)48-46(44)45(43)47/h3*1-27H. The Morgan fingerprint density at radius 2 is 0.389 bits per heavy atom. The Morgan fingerprint density at radius 1 is 0.132 bits per heavy atom. The third-order valence-electron chi connectivity index (χ3n) is 31.0. The fourth-order valence-corrected chi connectivity index (χ4v) is 28.8. The average molecular weight is 1880 g/mol. The second kappa shape index (κ2) is 31.8. The zero-order valence-electron chi connectivity index (χ0n) is 77.8. The van der Waals surface area contributed by atoms with E-state index in [4.69, 9.17) is 0 Å². The van der Waals surface area contributed by atoms with E-state index in [0.29, 0.717) is 0 Å². The number of aromatic nitrogens is 3. The highest BCUT2D eigenvalue weighted by Gasteiger charge is 2.31. The van der Waals surface area contributed by atoms with Crippen LogP contribution in [0.3, 0.4) is 0 Å². The molecule has 0 N–H and O–H groups in total. The summed E-state index contributed by atoms with van der Waals surface area (Å²) in [7, 11) is 0. The second-order valence-electron chi connectivity index (χ2n) is 38.4. The molecule has 33 aromatic rings. The summed E-state index contributed by atoms with van der Waals surface area (Å²) in [4.78, 5) is 0. The van der Waals surface area contributed by atoms with Gasteiger partial charge in [-0.1, -0.05) is 413 Å². The van der Waals surface area contributed by atoms with Crippen molar-refractivity contribution in [1.29, 1.82) is 0 Å². The van der Waals surface area contributed by atoms with Crippen LogP contribution in [0.5, 0.6) is 0 Å². The summed E-state index contributed by atoms with van der Waals surface area (Å²) in [6.07, 6.45) is 0. The summed E-state index contributed by atoms with van der Waals surface area (Å²) >= 11 is 5.78. The van der Waals surface area contributed by atoms with Crippen LogP contribution in [0.15, 0.2) is 491 Å². The maximum atomic E-state index is 2.54. The molecule has 0 bridgehead atoms. The fourth-order valence-electron chi connectivity index (χ4n) is 25.0. The first-order chi connectivity index (χ1) is 71.5. The Kier molecular flexibility index (Phi) is 17.9. The minimum absolute atomic E-state index is 1.17. The molecular weight excluding hydrogens is 1800 g/mol. The van der Waals surface area contributed by atoms with E-state index in [1.54, 1.807) is 0 Å². The Morgan fingerprint density at radius 3 is 0.771 bits per heavy atom. The van der Waals surface area contributed by atoms with Crippen molar-refractivity contribution in [2.45, 2.75) is 0 Å². The lowest BCUT2D eigenvalue weighted by molar-refractivity contribution is 1.19. The zero-order chi connectivity index (χ0) is 94.0. The molecule has 6 aromatic heterocycles. The van der Waals surface area contributed by atoms with Gasteiger partial charge in [-0.05, 0) is 209 Å². The molecule has 0 aliphatic rings. The highest BCUT2D eigenvalue weighted by Crippen LogP contribution is 2.58. The van der Waals surface area contributed by atoms with E-state index in [2.05, 4.69) is 505 Å². The molecule has 0 spiro atoms. The molecule has 0 aliphatic heterocycles. The van der Waals surface area contributed by atoms with Crippen LogP contribution < -0.4 is 0 Å². The monoisotopic (exact) mass is 1880 g/mol. The first-order valence-electron chi connectivity index (χ1n) is 49.6. The highest BCUT2D eigenvalue weighted by molar-refractivity contribution is 7.28. The van der Waals surface area contributed by atoms with Crippen molar-refractivity contribution in [2.24, 2.45) is 0 Å². The zero-order valence-corrected chi connectivity index (χ0v) is 80.3. The van der Waals surface area contributed by atoms with Crippen LogP contribution in [-0.4, -0.2) is 13.7 Å². The Balaban J connectivity index is 0.0000000986. The van der Waals surface area contributed by atoms with Gasteiger partial charge in [0.15, 0.2) is 0 Å². The van der Waals surface area contributed by atoms with E-state index < -0.39 is 0 Å². The molecule has 0 unspecified atom stereocenters. The third-order valence-corrected chi connectivity index (χ3v) is 34.5. The van der Waals surface area contributed by atoms with Gasteiger partial charge in [0.25, 0.3) is 0 Å². The van der Waals surface area contributed by atoms with Crippen LogP contribution in [0.4, 0.5) is 0 Å². The lowest BCUT2D eigenvalue weighted by atomic mass is 9.89. The van der Waals surface area contributed by atoms with E-state index in [1.807, 2.05) is 34.0 Å². The maximum absolute atomic E-state index is 2.54. The summed E-state index contributed by atoms with van der Waals surface area (Å²) in [6.45, 7) is 0. The van der Waals surface area contributed by atoms with Crippen molar-refractivity contribution in [2.75, 3.05) is 0 Å². The number of para-hydroxylation sites is 3. The summed E-state index contributed by atoms with van der Waals surface area (Å²) in [5.41, 5.74) is 18.5. The number of thiophene rings is 3. The quantitative estimate of drug-likeness (QED) is 0.147. The number of benzene rings is 27.